The summed E-state index contributed by atoms with van der Waals surface area (Å²) in [6, 6.07) is 4.70. The van der Waals surface area contributed by atoms with E-state index in [0.717, 1.165) is 6.42 Å². The summed E-state index contributed by atoms with van der Waals surface area (Å²) in [7, 11) is 1.59. The van der Waals surface area contributed by atoms with E-state index < -0.39 is 17.2 Å². The molecule has 2 aromatic rings. The van der Waals surface area contributed by atoms with Crippen molar-refractivity contribution in [1.29, 1.82) is 0 Å². The molecule has 0 saturated heterocycles. The molecule has 0 aliphatic heterocycles. The summed E-state index contributed by atoms with van der Waals surface area (Å²) in [5, 5.41) is 3.35. The molecule has 180 valence electrons. The number of carbonyl (C=O) groups excluding carboxylic acids is 2. The van der Waals surface area contributed by atoms with Crippen LogP contribution in [0.3, 0.4) is 0 Å². The van der Waals surface area contributed by atoms with E-state index in [9.17, 15) is 19.2 Å². The molecule has 0 aliphatic carbocycles. The van der Waals surface area contributed by atoms with Gasteiger partial charge < -0.3 is 16.0 Å². The van der Waals surface area contributed by atoms with Gasteiger partial charge in [-0.3, -0.25) is 28.8 Å². The van der Waals surface area contributed by atoms with Crippen molar-refractivity contribution in [3.05, 3.63) is 49.1 Å². The Morgan fingerprint density at radius 2 is 1.85 bits per heavy atom. The molecule has 1 heterocycles. The molecule has 12 heteroatoms. The number of anilines is 3. The summed E-state index contributed by atoms with van der Waals surface area (Å²) in [4.78, 5) is 54.8. The summed E-state index contributed by atoms with van der Waals surface area (Å²) >= 11 is 11.8. The molecular formula is C21H28Cl2N6O4. The number of nitrogens with one attached hydrogen (secondary N) is 2. The van der Waals surface area contributed by atoms with Crippen molar-refractivity contribution >= 4 is 52.2 Å². The molecule has 0 fully saturated rings. The van der Waals surface area contributed by atoms with Crippen LogP contribution in [0.25, 0.3) is 0 Å². The van der Waals surface area contributed by atoms with Crippen LogP contribution in [0.1, 0.15) is 26.7 Å². The fourth-order valence-electron chi connectivity index (χ4n) is 3.23. The fourth-order valence-corrected chi connectivity index (χ4v) is 3.53. The van der Waals surface area contributed by atoms with E-state index in [-0.39, 0.29) is 37.0 Å². The summed E-state index contributed by atoms with van der Waals surface area (Å²) in [6.45, 7) is 3.88. The minimum atomic E-state index is -0.736. The molecular weight excluding hydrogens is 471 g/mol. The summed E-state index contributed by atoms with van der Waals surface area (Å²) in [6.07, 6.45) is 1.51. The molecule has 0 bridgehead atoms. The minimum absolute atomic E-state index is 0.0626. The molecule has 0 atom stereocenters. The zero-order chi connectivity index (χ0) is 24.7. The third kappa shape index (κ3) is 6.83. The van der Waals surface area contributed by atoms with Crippen molar-refractivity contribution in [2.75, 3.05) is 42.6 Å². The number of amides is 2. The number of hydrogen-bond acceptors (Lipinski definition) is 6. The number of rotatable bonds is 10. The Labute approximate surface area is 201 Å². The molecule has 2 amide bonds. The standard InChI is InChI=1S/C21H28Cl2N6O4/c1-4-6-9-29-19(24)18(20(32)26-21(29)33)28(5-2)17(31)12-27(3)11-16(30)25-13-7-8-14(22)15(23)10-13/h7-8,10H,4-6,9,11-12,24H2,1-3H3,(H,25,30)(H,26,32,33). The number of nitrogen functional groups attached to an aromatic ring is 1. The number of aromatic nitrogens is 2. The van der Waals surface area contributed by atoms with E-state index in [1.54, 1.807) is 26.1 Å². The first-order valence-electron chi connectivity index (χ1n) is 10.4. The molecule has 10 nitrogen and oxygen atoms in total. The zero-order valence-electron chi connectivity index (χ0n) is 18.8. The second-order valence-corrected chi connectivity index (χ2v) is 8.30. The van der Waals surface area contributed by atoms with Gasteiger partial charge in [0.05, 0.1) is 23.1 Å². The maximum Gasteiger partial charge on any atom is 0.330 e. The number of unbranched alkanes of at least 4 members (excludes halogenated alkanes) is 1. The predicted molar refractivity (Wildman–Crippen MR) is 131 cm³/mol. The van der Waals surface area contributed by atoms with E-state index in [1.165, 1.54) is 20.4 Å². The Morgan fingerprint density at radius 1 is 1.15 bits per heavy atom. The second-order valence-electron chi connectivity index (χ2n) is 7.49. The summed E-state index contributed by atoms with van der Waals surface area (Å²) < 4.78 is 1.25. The molecule has 33 heavy (non-hydrogen) atoms. The number of aromatic amines is 1. The highest BCUT2D eigenvalue weighted by Crippen LogP contribution is 2.25. The largest absolute Gasteiger partial charge is 0.383 e. The van der Waals surface area contributed by atoms with Crippen LogP contribution < -0.4 is 27.2 Å². The Hall–Kier alpha value is -2.82. The number of nitrogens with zero attached hydrogens (tertiary/aromatic N) is 3. The van der Waals surface area contributed by atoms with E-state index in [0.29, 0.717) is 28.7 Å². The van der Waals surface area contributed by atoms with Gasteiger partial charge >= 0.3 is 5.69 Å². The SMILES string of the molecule is CCCCn1c(N)c(N(CC)C(=O)CN(C)CC(=O)Nc2ccc(Cl)c(Cl)c2)c(=O)[nH]c1=O. The highest BCUT2D eigenvalue weighted by atomic mass is 35.5. The number of benzene rings is 1. The number of nitrogens with two attached hydrogens (primary N) is 1. The first-order chi connectivity index (χ1) is 15.6. The molecule has 0 saturated carbocycles. The van der Waals surface area contributed by atoms with Crippen LogP contribution in [0, 0.1) is 0 Å². The van der Waals surface area contributed by atoms with Crippen LogP contribution in [0.2, 0.25) is 10.0 Å². The van der Waals surface area contributed by atoms with Crippen LogP contribution in [-0.4, -0.2) is 52.9 Å². The molecule has 0 radical (unpaired) electrons. The smallest absolute Gasteiger partial charge is 0.330 e. The predicted octanol–water partition coefficient (Wildman–Crippen LogP) is 2.15. The van der Waals surface area contributed by atoms with E-state index in [1.807, 2.05) is 6.92 Å². The molecule has 0 unspecified atom stereocenters. The van der Waals surface area contributed by atoms with Crippen LogP contribution >= 0.6 is 23.2 Å². The van der Waals surface area contributed by atoms with Gasteiger partial charge in [-0.1, -0.05) is 36.5 Å². The first-order valence-corrected chi connectivity index (χ1v) is 11.2. The number of H-pyrrole nitrogens is 1. The van der Waals surface area contributed by atoms with E-state index in [4.69, 9.17) is 28.9 Å². The van der Waals surface area contributed by atoms with Crippen molar-refractivity contribution in [2.45, 2.75) is 33.2 Å². The van der Waals surface area contributed by atoms with Gasteiger partial charge in [0.15, 0.2) is 5.69 Å². The van der Waals surface area contributed by atoms with Crippen molar-refractivity contribution in [3.63, 3.8) is 0 Å². The van der Waals surface area contributed by atoms with Gasteiger partial charge in [0, 0.05) is 18.8 Å². The third-order valence-electron chi connectivity index (χ3n) is 4.86. The molecule has 0 aliphatic rings. The Kier molecular flexibility index (Phi) is 9.51. The lowest BCUT2D eigenvalue weighted by Crippen LogP contribution is -2.45. The normalized spacial score (nSPS) is 11.0. The average Bonchev–Trinajstić information content (AvgIpc) is 2.73. The molecule has 4 N–H and O–H groups in total. The highest BCUT2D eigenvalue weighted by molar-refractivity contribution is 6.42. The summed E-state index contributed by atoms with van der Waals surface area (Å²) in [5.41, 5.74) is 5.15. The van der Waals surface area contributed by atoms with Crippen molar-refractivity contribution in [2.24, 2.45) is 0 Å². The van der Waals surface area contributed by atoms with Gasteiger partial charge in [0.1, 0.15) is 5.82 Å². The van der Waals surface area contributed by atoms with Gasteiger partial charge in [-0.2, -0.15) is 0 Å². The second kappa shape index (κ2) is 11.9. The van der Waals surface area contributed by atoms with E-state index >= 15 is 0 Å². The minimum Gasteiger partial charge on any atom is -0.383 e. The Balaban J connectivity index is 2.12. The molecule has 0 spiro atoms. The maximum atomic E-state index is 12.9. The average molecular weight is 499 g/mol. The van der Waals surface area contributed by atoms with Crippen LogP contribution in [-0.2, 0) is 16.1 Å². The van der Waals surface area contributed by atoms with Gasteiger partial charge in [-0.25, -0.2) is 4.79 Å². The topological polar surface area (TPSA) is 134 Å². The Morgan fingerprint density at radius 3 is 2.45 bits per heavy atom. The lowest BCUT2D eigenvalue weighted by atomic mass is 10.3. The van der Waals surface area contributed by atoms with Crippen molar-refractivity contribution < 1.29 is 9.59 Å². The highest BCUT2D eigenvalue weighted by Gasteiger charge is 2.24. The quantitative estimate of drug-likeness (QED) is 0.459. The number of likely N-dealkylation sites (N-methyl/N-ethyl adjacent to an activating group) is 2. The third-order valence-corrected chi connectivity index (χ3v) is 5.60. The summed E-state index contributed by atoms with van der Waals surface area (Å²) in [5.74, 6) is -0.871. The van der Waals surface area contributed by atoms with Gasteiger partial charge in [0.2, 0.25) is 11.8 Å². The van der Waals surface area contributed by atoms with E-state index in [2.05, 4.69) is 10.3 Å². The van der Waals surface area contributed by atoms with Crippen LogP contribution in [0.15, 0.2) is 27.8 Å². The van der Waals surface area contributed by atoms with Gasteiger partial charge in [0.25, 0.3) is 5.56 Å². The number of hydrogen-bond donors (Lipinski definition) is 3. The lowest BCUT2D eigenvalue weighted by molar-refractivity contribution is -0.121. The molecule has 2 rings (SSSR count). The van der Waals surface area contributed by atoms with Crippen molar-refractivity contribution in [3.8, 4) is 0 Å². The lowest BCUT2D eigenvalue weighted by Gasteiger charge is -2.25. The van der Waals surface area contributed by atoms with Crippen LogP contribution in [0.4, 0.5) is 17.2 Å². The first kappa shape index (κ1) is 26.4. The zero-order valence-corrected chi connectivity index (χ0v) is 20.3. The Bertz CT molecular complexity index is 1130. The number of halogens is 2. The fraction of sp³-hybridized carbons (Fsp3) is 0.429. The van der Waals surface area contributed by atoms with Gasteiger partial charge in [-0.05, 0) is 38.6 Å². The molecule has 1 aromatic carbocycles. The van der Waals surface area contributed by atoms with Crippen LogP contribution in [0.5, 0.6) is 0 Å². The van der Waals surface area contributed by atoms with Gasteiger partial charge in [-0.15, -0.1) is 0 Å². The number of carbonyl (C=O) groups is 2. The maximum absolute atomic E-state index is 12.9. The van der Waals surface area contributed by atoms with Crippen molar-refractivity contribution in [1.82, 2.24) is 14.5 Å². The molecule has 1 aromatic heterocycles. The monoisotopic (exact) mass is 498 g/mol.